The molecule has 0 bridgehead atoms. The third kappa shape index (κ3) is 9.74. The van der Waals surface area contributed by atoms with Crippen LogP contribution in [0.25, 0.3) is 0 Å². The first-order valence-electron chi connectivity index (χ1n) is 15.4. The number of methoxy groups -OCH3 is 2. The Balaban J connectivity index is 0.000000176. The summed E-state index contributed by atoms with van der Waals surface area (Å²) in [5.74, 6) is 1.53. The van der Waals surface area contributed by atoms with E-state index in [0.29, 0.717) is 28.7 Å². The average Bonchev–Trinajstić information content (AvgIpc) is 3.79. The fourth-order valence-electron chi connectivity index (χ4n) is 5.88. The highest BCUT2D eigenvalue weighted by Crippen LogP contribution is 2.36. The van der Waals surface area contributed by atoms with Gasteiger partial charge in [-0.25, -0.2) is 4.79 Å². The number of carboxylic acid groups (broad SMARTS) is 1. The van der Waals surface area contributed by atoms with E-state index < -0.39 is 5.97 Å². The molecule has 8 nitrogen and oxygen atoms in total. The first kappa shape index (κ1) is 35.8. The van der Waals surface area contributed by atoms with E-state index in [0.717, 1.165) is 33.9 Å². The molecule has 248 valence electrons. The van der Waals surface area contributed by atoms with Gasteiger partial charge in [0.2, 0.25) is 0 Å². The van der Waals surface area contributed by atoms with Crippen LogP contribution in [0, 0.1) is 0 Å². The van der Waals surface area contributed by atoms with Crippen molar-refractivity contribution in [3.63, 3.8) is 0 Å². The number of carbonyl (C=O) groups excluding carboxylic acids is 1. The van der Waals surface area contributed by atoms with Crippen molar-refractivity contribution in [3.8, 4) is 23.0 Å². The number of halogens is 2. The molecular weight excluding hydrogens is 730 g/mol. The number of benzene rings is 4. The number of likely N-dealkylation sites (tertiary alicyclic amines) is 1. The zero-order chi connectivity index (χ0) is 33.9. The molecule has 4 aromatic rings. The van der Waals surface area contributed by atoms with Gasteiger partial charge in [0.15, 0.2) is 0 Å². The number of hydrogen-bond acceptors (Lipinski definition) is 6. The molecule has 2 aliphatic rings. The molecule has 2 fully saturated rings. The van der Waals surface area contributed by atoms with E-state index in [2.05, 4.69) is 37.9 Å². The van der Waals surface area contributed by atoms with Crippen molar-refractivity contribution in [2.75, 3.05) is 20.8 Å². The van der Waals surface area contributed by atoms with Crippen molar-refractivity contribution in [1.82, 2.24) is 4.90 Å². The van der Waals surface area contributed by atoms with Gasteiger partial charge in [-0.2, -0.15) is 0 Å². The summed E-state index contributed by atoms with van der Waals surface area (Å²) >= 11 is 6.62. The smallest absolute Gasteiger partial charge is 0.335 e. The third-order valence-electron chi connectivity index (χ3n) is 8.26. The molecule has 6 rings (SSSR count). The maximum absolute atomic E-state index is 12.9. The fourth-order valence-corrected chi connectivity index (χ4v) is 6.69. The van der Waals surface area contributed by atoms with Gasteiger partial charge in [-0.15, -0.1) is 0 Å². The highest BCUT2D eigenvalue weighted by Gasteiger charge is 2.31. The molecular formula is C37H39Br2NO7. The number of carbonyl (C=O) groups is 2. The van der Waals surface area contributed by atoms with Crippen molar-refractivity contribution >= 4 is 43.7 Å². The Hall–Kier alpha value is -4.02. The lowest BCUT2D eigenvalue weighted by Crippen LogP contribution is -2.30. The molecule has 10 heteroatoms. The van der Waals surface area contributed by atoms with Crippen molar-refractivity contribution < 1.29 is 34.4 Å². The Bertz CT molecular complexity index is 1670. The molecule has 1 aliphatic carbocycles. The quantitative estimate of drug-likeness (QED) is 0.179. The summed E-state index contributed by atoms with van der Waals surface area (Å²) in [7, 11) is 3.07. The molecule has 1 saturated carbocycles. The van der Waals surface area contributed by atoms with Gasteiger partial charge in [0.25, 0.3) is 5.91 Å². The maximum atomic E-state index is 12.9. The fraction of sp³-hybridized carbons (Fsp3) is 0.297. The highest BCUT2D eigenvalue weighted by molar-refractivity contribution is 9.10. The van der Waals surface area contributed by atoms with Crippen molar-refractivity contribution in [2.45, 2.75) is 50.5 Å². The summed E-state index contributed by atoms with van der Waals surface area (Å²) in [6.07, 6.45) is 7.15. The minimum absolute atomic E-state index is 0.00393. The second kappa shape index (κ2) is 17.2. The molecule has 47 heavy (non-hydrogen) atoms. The Kier molecular flexibility index (Phi) is 13.1. The van der Waals surface area contributed by atoms with Crippen LogP contribution in [-0.4, -0.2) is 52.9 Å². The van der Waals surface area contributed by atoms with Gasteiger partial charge in [-0.3, -0.25) is 4.79 Å². The molecule has 0 aromatic heterocycles. The van der Waals surface area contributed by atoms with Crippen LogP contribution < -0.4 is 9.47 Å². The number of aromatic hydroxyl groups is 2. The summed E-state index contributed by atoms with van der Waals surface area (Å²) in [6.45, 7) is 0.720. The maximum Gasteiger partial charge on any atom is 0.335 e. The molecule has 3 N–H and O–H groups in total. The number of phenolic OH excluding ortho intramolecular Hbond substituents is 2. The minimum Gasteiger partial charge on any atom is -0.508 e. The molecule has 1 saturated heterocycles. The lowest BCUT2D eigenvalue weighted by Gasteiger charge is -2.25. The third-order valence-corrected chi connectivity index (χ3v) is 9.57. The molecule has 1 heterocycles. The van der Waals surface area contributed by atoms with Gasteiger partial charge in [0.05, 0.1) is 34.8 Å². The predicted octanol–water partition coefficient (Wildman–Crippen LogP) is 9.35. The lowest BCUT2D eigenvalue weighted by molar-refractivity contribution is 0.0694. The van der Waals surface area contributed by atoms with Gasteiger partial charge >= 0.3 is 5.97 Å². The van der Waals surface area contributed by atoms with Gasteiger partial charge < -0.3 is 29.7 Å². The normalized spacial score (nSPS) is 15.6. The van der Waals surface area contributed by atoms with Crippen LogP contribution in [0.15, 0.2) is 93.9 Å². The molecule has 0 radical (unpaired) electrons. The molecule has 1 unspecified atom stereocenters. The van der Waals surface area contributed by atoms with Crippen molar-refractivity contribution in [3.05, 3.63) is 116 Å². The zero-order valence-electron chi connectivity index (χ0n) is 26.4. The second-order valence-electron chi connectivity index (χ2n) is 11.3. The van der Waals surface area contributed by atoms with Gasteiger partial charge in [0, 0.05) is 12.1 Å². The van der Waals surface area contributed by atoms with Gasteiger partial charge in [0.1, 0.15) is 23.0 Å². The number of aromatic carboxylic acids is 1. The van der Waals surface area contributed by atoms with E-state index in [9.17, 15) is 19.8 Å². The Labute approximate surface area is 292 Å². The number of amides is 1. The number of carboxylic acids is 1. The number of ether oxygens (including phenoxy) is 2. The first-order valence-corrected chi connectivity index (χ1v) is 17.0. The average molecular weight is 770 g/mol. The molecule has 1 amide bonds. The van der Waals surface area contributed by atoms with Crippen LogP contribution in [0.4, 0.5) is 0 Å². The van der Waals surface area contributed by atoms with Crippen molar-refractivity contribution in [1.29, 1.82) is 0 Å². The summed E-state index contributed by atoms with van der Waals surface area (Å²) in [5.41, 5.74) is 3.11. The van der Waals surface area contributed by atoms with Crippen LogP contribution in [-0.2, 0) is 0 Å². The minimum atomic E-state index is -0.958. The number of rotatable bonds is 6. The summed E-state index contributed by atoms with van der Waals surface area (Å²) in [6, 6.07) is 24.8. The van der Waals surface area contributed by atoms with Crippen LogP contribution >= 0.6 is 31.9 Å². The van der Waals surface area contributed by atoms with E-state index in [1.54, 1.807) is 43.5 Å². The van der Waals surface area contributed by atoms with E-state index in [-0.39, 0.29) is 23.3 Å². The van der Waals surface area contributed by atoms with Gasteiger partial charge in [-0.1, -0.05) is 37.1 Å². The Morgan fingerprint density at radius 1 is 0.702 bits per heavy atom. The lowest BCUT2D eigenvalue weighted by atomic mass is 9.98. The number of hydrogen-bond donors (Lipinski definition) is 3. The van der Waals surface area contributed by atoms with Gasteiger partial charge in [-0.05, 0) is 135 Å². The van der Waals surface area contributed by atoms with E-state index in [1.165, 1.54) is 50.5 Å². The van der Waals surface area contributed by atoms with E-state index in [4.69, 9.17) is 14.6 Å². The van der Waals surface area contributed by atoms with E-state index in [1.807, 2.05) is 35.2 Å². The summed E-state index contributed by atoms with van der Waals surface area (Å²) in [5, 5.41) is 27.6. The Morgan fingerprint density at radius 3 is 1.79 bits per heavy atom. The topological polar surface area (TPSA) is 117 Å². The summed E-state index contributed by atoms with van der Waals surface area (Å²) < 4.78 is 11.8. The SMILES string of the molecule is COc1cc(C(=O)N2CCCC2c2cccc(O)c2)ccc1Br.COc1cc(C(=O)O)ccc1Br.Oc1cccc(C2CCCC2)c1. The first-order chi connectivity index (χ1) is 22.6. The van der Waals surface area contributed by atoms with Crippen LogP contribution in [0.1, 0.15) is 82.3 Å². The molecule has 0 spiro atoms. The molecule has 1 aliphatic heterocycles. The highest BCUT2D eigenvalue weighted by atomic mass is 79.9. The number of nitrogens with zero attached hydrogens (tertiary/aromatic N) is 1. The molecule has 1 atom stereocenters. The van der Waals surface area contributed by atoms with Crippen LogP contribution in [0.5, 0.6) is 23.0 Å². The Morgan fingerprint density at radius 2 is 1.23 bits per heavy atom. The second-order valence-corrected chi connectivity index (χ2v) is 13.0. The standard InChI is InChI=1S/C18H18BrNO3.C11H14O.C8H7BrO3/c1-23-17-11-13(7-8-15(17)19)18(22)20-9-3-6-16(20)12-4-2-5-14(21)10-12;12-11-7-3-6-10(8-11)9-4-1-2-5-9;1-12-7-4-5(8(10)11)2-3-6(7)9/h2,4-5,7-8,10-11,16,21H,3,6,9H2,1H3;3,6-9,12H,1-2,4-5H2;2-4H,1H3,(H,10,11). The monoisotopic (exact) mass is 767 g/mol. The summed E-state index contributed by atoms with van der Waals surface area (Å²) in [4.78, 5) is 25.3. The van der Waals surface area contributed by atoms with Crippen molar-refractivity contribution in [2.24, 2.45) is 0 Å². The largest absolute Gasteiger partial charge is 0.508 e. The van der Waals surface area contributed by atoms with Crippen LogP contribution in [0.3, 0.4) is 0 Å². The van der Waals surface area contributed by atoms with E-state index >= 15 is 0 Å². The molecule has 4 aromatic carbocycles. The predicted molar refractivity (Wildman–Crippen MR) is 189 cm³/mol. The van der Waals surface area contributed by atoms with Crippen LogP contribution in [0.2, 0.25) is 0 Å². The number of phenols is 2. The zero-order valence-corrected chi connectivity index (χ0v) is 29.5.